The van der Waals surface area contributed by atoms with Gasteiger partial charge in [0.05, 0.1) is 25.4 Å². The summed E-state index contributed by atoms with van der Waals surface area (Å²) in [6.45, 7) is 3.56. The molecule has 0 bridgehead atoms. The lowest BCUT2D eigenvalue weighted by molar-refractivity contribution is -0.136. The van der Waals surface area contributed by atoms with Crippen molar-refractivity contribution in [2.75, 3.05) is 14.2 Å². The first-order chi connectivity index (χ1) is 8.51. The summed E-state index contributed by atoms with van der Waals surface area (Å²) in [6, 6.07) is 0. The fourth-order valence-electron chi connectivity index (χ4n) is 1.54. The first-order valence-electron chi connectivity index (χ1n) is 5.45. The van der Waals surface area contributed by atoms with Gasteiger partial charge in [0, 0.05) is 0 Å². The van der Waals surface area contributed by atoms with Crippen molar-refractivity contribution in [2.45, 2.75) is 13.8 Å². The van der Waals surface area contributed by atoms with Crippen molar-refractivity contribution in [2.24, 2.45) is 0 Å². The van der Waals surface area contributed by atoms with E-state index < -0.39 is 11.9 Å². The molecule has 0 aliphatic heterocycles. The van der Waals surface area contributed by atoms with Gasteiger partial charge in [-0.1, -0.05) is 12.2 Å². The molecule has 0 aromatic carbocycles. The van der Waals surface area contributed by atoms with Crippen LogP contribution in [0.4, 0.5) is 0 Å². The van der Waals surface area contributed by atoms with Crippen LogP contribution in [0.1, 0.15) is 13.8 Å². The molecular formula is C14H16O4. The van der Waals surface area contributed by atoms with Crippen LogP contribution in [-0.4, -0.2) is 26.2 Å². The SMILES string of the molecule is COC(=O)C1=C(C)/C=C\C(C(=O)OC)=C(C)/C=C\1. The number of carbonyl (C=O) groups excluding carboxylic acids is 2. The van der Waals surface area contributed by atoms with E-state index in [1.165, 1.54) is 14.2 Å². The first kappa shape index (κ1) is 14.0. The molecular weight excluding hydrogens is 232 g/mol. The molecule has 0 fully saturated rings. The molecule has 0 atom stereocenters. The van der Waals surface area contributed by atoms with Gasteiger partial charge in [0.2, 0.25) is 0 Å². The molecule has 0 spiro atoms. The van der Waals surface area contributed by atoms with Gasteiger partial charge >= 0.3 is 11.9 Å². The zero-order valence-electron chi connectivity index (χ0n) is 10.9. The third kappa shape index (κ3) is 2.97. The van der Waals surface area contributed by atoms with E-state index in [9.17, 15) is 9.59 Å². The zero-order valence-corrected chi connectivity index (χ0v) is 10.9. The monoisotopic (exact) mass is 248 g/mol. The maximum Gasteiger partial charge on any atom is 0.338 e. The predicted molar refractivity (Wildman–Crippen MR) is 67.7 cm³/mol. The van der Waals surface area contributed by atoms with Gasteiger partial charge in [0.25, 0.3) is 0 Å². The number of hydrogen-bond acceptors (Lipinski definition) is 4. The highest BCUT2D eigenvalue weighted by Crippen LogP contribution is 2.18. The largest absolute Gasteiger partial charge is 0.465 e. The van der Waals surface area contributed by atoms with Crippen molar-refractivity contribution in [1.82, 2.24) is 0 Å². The van der Waals surface area contributed by atoms with Crippen molar-refractivity contribution < 1.29 is 19.1 Å². The fraction of sp³-hybridized carbons (Fsp3) is 0.286. The van der Waals surface area contributed by atoms with Gasteiger partial charge in [0.1, 0.15) is 0 Å². The van der Waals surface area contributed by atoms with E-state index in [1.807, 2.05) is 0 Å². The molecule has 1 aliphatic rings. The highest BCUT2D eigenvalue weighted by Gasteiger charge is 2.14. The van der Waals surface area contributed by atoms with Gasteiger partial charge in [-0.15, -0.1) is 0 Å². The molecule has 96 valence electrons. The summed E-state index contributed by atoms with van der Waals surface area (Å²) in [6.07, 6.45) is 6.68. The second-order valence-corrected chi connectivity index (χ2v) is 3.84. The van der Waals surface area contributed by atoms with Gasteiger partial charge in [-0.2, -0.15) is 0 Å². The summed E-state index contributed by atoms with van der Waals surface area (Å²) >= 11 is 0. The summed E-state index contributed by atoms with van der Waals surface area (Å²) in [5.74, 6) is -0.801. The van der Waals surface area contributed by atoms with Crippen molar-refractivity contribution >= 4 is 11.9 Å². The lowest BCUT2D eigenvalue weighted by Crippen LogP contribution is -2.08. The van der Waals surface area contributed by atoms with E-state index >= 15 is 0 Å². The average molecular weight is 248 g/mol. The average Bonchev–Trinajstić information content (AvgIpc) is 2.36. The van der Waals surface area contributed by atoms with Gasteiger partial charge in [0.15, 0.2) is 0 Å². The Morgan fingerprint density at radius 1 is 0.778 bits per heavy atom. The van der Waals surface area contributed by atoms with Crippen LogP contribution >= 0.6 is 0 Å². The minimum absolute atomic E-state index is 0.400. The maximum absolute atomic E-state index is 11.5. The summed E-state index contributed by atoms with van der Waals surface area (Å²) < 4.78 is 9.40. The molecule has 0 unspecified atom stereocenters. The molecule has 0 saturated carbocycles. The predicted octanol–water partition coefficient (Wildman–Crippen LogP) is 2.09. The number of methoxy groups -OCH3 is 2. The second kappa shape index (κ2) is 6.00. The smallest absolute Gasteiger partial charge is 0.338 e. The van der Waals surface area contributed by atoms with Gasteiger partial charge in [-0.25, -0.2) is 9.59 Å². The lowest BCUT2D eigenvalue weighted by atomic mass is 10.0. The molecule has 0 aromatic rings. The Bertz CT molecular complexity index is 444. The number of ether oxygens (including phenoxy) is 2. The molecule has 1 aliphatic carbocycles. The molecule has 0 amide bonds. The zero-order chi connectivity index (χ0) is 13.7. The van der Waals surface area contributed by atoms with E-state index in [0.717, 1.165) is 11.1 Å². The van der Waals surface area contributed by atoms with Crippen LogP contribution < -0.4 is 0 Å². The summed E-state index contributed by atoms with van der Waals surface area (Å²) in [7, 11) is 2.67. The Morgan fingerprint density at radius 2 is 1.11 bits per heavy atom. The minimum Gasteiger partial charge on any atom is -0.465 e. The first-order valence-corrected chi connectivity index (χ1v) is 5.45. The highest BCUT2D eigenvalue weighted by atomic mass is 16.5. The summed E-state index contributed by atoms with van der Waals surface area (Å²) in [4.78, 5) is 23.1. The van der Waals surface area contributed by atoms with Crippen molar-refractivity contribution in [3.05, 3.63) is 46.6 Å². The molecule has 18 heavy (non-hydrogen) atoms. The highest BCUT2D eigenvalue weighted by molar-refractivity contribution is 5.95. The van der Waals surface area contributed by atoms with Crippen LogP contribution in [0.5, 0.6) is 0 Å². The lowest BCUT2D eigenvalue weighted by Gasteiger charge is -2.08. The number of hydrogen-bond donors (Lipinski definition) is 0. The summed E-state index contributed by atoms with van der Waals surface area (Å²) in [5.41, 5.74) is 2.40. The van der Waals surface area contributed by atoms with Gasteiger partial charge in [-0.05, 0) is 37.1 Å². The van der Waals surface area contributed by atoms with Crippen molar-refractivity contribution in [3.8, 4) is 0 Å². The van der Waals surface area contributed by atoms with Crippen LogP contribution in [0, 0.1) is 0 Å². The van der Waals surface area contributed by atoms with E-state index in [2.05, 4.69) is 0 Å². The normalized spacial score (nSPS) is 26.9. The molecule has 4 nitrogen and oxygen atoms in total. The van der Waals surface area contributed by atoms with E-state index in [0.29, 0.717) is 11.1 Å². The van der Waals surface area contributed by atoms with Crippen LogP contribution in [0.3, 0.4) is 0 Å². The Morgan fingerprint density at radius 3 is 1.39 bits per heavy atom. The minimum atomic E-state index is -0.400. The maximum atomic E-state index is 11.5. The number of allylic oxidation sites excluding steroid dienone is 4. The third-order valence-electron chi connectivity index (χ3n) is 2.66. The topological polar surface area (TPSA) is 52.6 Å². The van der Waals surface area contributed by atoms with Crippen molar-refractivity contribution in [1.29, 1.82) is 0 Å². The molecule has 0 aromatic heterocycles. The van der Waals surface area contributed by atoms with Crippen LogP contribution in [-0.2, 0) is 19.1 Å². The molecule has 4 heteroatoms. The number of carbonyl (C=O) groups is 2. The Kier molecular flexibility index (Phi) is 4.66. The van der Waals surface area contributed by atoms with E-state index in [1.54, 1.807) is 38.2 Å². The third-order valence-corrected chi connectivity index (χ3v) is 2.66. The number of rotatable bonds is 2. The van der Waals surface area contributed by atoms with Crippen molar-refractivity contribution in [3.63, 3.8) is 0 Å². The van der Waals surface area contributed by atoms with E-state index in [-0.39, 0.29) is 0 Å². The van der Waals surface area contributed by atoms with E-state index in [4.69, 9.17) is 9.47 Å². The second-order valence-electron chi connectivity index (χ2n) is 3.84. The van der Waals surface area contributed by atoms with Crippen LogP contribution in [0.2, 0.25) is 0 Å². The standard InChI is InChI=1S/C14H16O4/c1-9-5-7-12(14(16)18-4)10(2)6-8-11(9)13(15)17-3/h5-8H,1-4H3/b7-5-,8-6-,9-5?,10-6?,11-8?,11-9+,12-7?,12-10+. The van der Waals surface area contributed by atoms with Crippen LogP contribution in [0.15, 0.2) is 46.6 Å². The molecule has 0 saturated heterocycles. The fourth-order valence-corrected chi connectivity index (χ4v) is 1.54. The molecule has 0 heterocycles. The van der Waals surface area contributed by atoms with Gasteiger partial charge in [-0.3, -0.25) is 0 Å². The molecule has 0 radical (unpaired) electrons. The van der Waals surface area contributed by atoms with Gasteiger partial charge < -0.3 is 9.47 Å². The molecule has 1 rings (SSSR count). The Hall–Kier alpha value is -2.10. The van der Waals surface area contributed by atoms with Crippen LogP contribution in [0.25, 0.3) is 0 Å². The molecule has 0 N–H and O–H groups in total. The Labute approximate surface area is 106 Å². The summed E-state index contributed by atoms with van der Waals surface area (Å²) in [5, 5.41) is 0. The number of esters is 2. The quantitative estimate of drug-likeness (QED) is 0.702. The Balaban J connectivity index is 3.20.